The largest absolute Gasteiger partial charge is 0.469 e. The molecular weight excluding hydrogens is 446 g/mol. The number of carbonyl (C=O) groups excluding carboxylic acids is 1. The molecule has 3 atom stereocenters. The number of benzene rings is 3. The molecule has 0 saturated heterocycles. The zero-order chi connectivity index (χ0) is 24.5. The van der Waals surface area contributed by atoms with Crippen LogP contribution in [0.4, 0.5) is 0 Å². The van der Waals surface area contributed by atoms with Gasteiger partial charge in [-0.2, -0.15) is 0 Å². The van der Waals surface area contributed by atoms with Crippen molar-refractivity contribution in [1.29, 1.82) is 0 Å². The lowest BCUT2D eigenvalue weighted by molar-refractivity contribution is -0.142. The van der Waals surface area contributed by atoms with Crippen molar-refractivity contribution in [1.82, 2.24) is 4.98 Å². The topological polar surface area (TPSA) is 52.3 Å². The first-order chi connectivity index (χ1) is 17.7. The molecule has 1 fully saturated rings. The van der Waals surface area contributed by atoms with Gasteiger partial charge < -0.3 is 9.15 Å². The highest BCUT2D eigenvalue weighted by molar-refractivity contribution is 5.82. The van der Waals surface area contributed by atoms with Crippen LogP contribution >= 0.6 is 0 Å². The molecule has 4 heteroatoms. The van der Waals surface area contributed by atoms with E-state index in [0.717, 1.165) is 52.1 Å². The van der Waals surface area contributed by atoms with E-state index in [1.165, 1.54) is 7.11 Å². The minimum atomic E-state index is -0.127. The molecule has 1 saturated carbocycles. The van der Waals surface area contributed by atoms with Gasteiger partial charge in [-0.25, -0.2) is 4.98 Å². The Kier molecular flexibility index (Phi) is 5.86. The summed E-state index contributed by atoms with van der Waals surface area (Å²) in [6.07, 6.45) is 10.2. The monoisotopic (exact) mass is 473 g/mol. The van der Waals surface area contributed by atoms with Crippen molar-refractivity contribution >= 4 is 5.97 Å². The summed E-state index contributed by atoms with van der Waals surface area (Å²) in [6, 6.07) is 26.9. The first-order valence-electron chi connectivity index (χ1n) is 12.4. The van der Waals surface area contributed by atoms with Crippen molar-refractivity contribution < 1.29 is 13.9 Å². The number of nitrogens with zero attached hydrogens (tertiary/aromatic N) is 1. The van der Waals surface area contributed by atoms with E-state index in [-0.39, 0.29) is 23.7 Å². The van der Waals surface area contributed by atoms with Gasteiger partial charge in [-0.1, -0.05) is 97.1 Å². The third-order valence-corrected chi connectivity index (χ3v) is 7.10. The third kappa shape index (κ3) is 4.20. The van der Waals surface area contributed by atoms with Crippen LogP contribution in [-0.2, 0) is 9.53 Å². The number of hydrogen-bond donors (Lipinski definition) is 0. The number of rotatable bonds is 6. The van der Waals surface area contributed by atoms with E-state index in [1.54, 1.807) is 0 Å². The van der Waals surface area contributed by atoms with Gasteiger partial charge in [0.15, 0.2) is 0 Å². The summed E-state index contributed by atoms with van der Waals surface area (Å²) in [7, 11) is 1.46. The second-order valence-corrected chi connectivity index (χ2v) is 9.40. The average Bonchev–Trinajstić information content (AvgIpc) is 3.64. The Morgan fingerprint density at radius 3 is 2.47 bits per heavy atom. The number of oxazole rings is 1. The molecule has 1 aromatic heterocycles. The van der Waals surface area contributed by atoms with E-state index in [9.17, 15) is 4.79 Å². The lowest BCUT2D eigenvalue weighted by atomic mass is 9.95. The molecule has 0 radical (unpaired) electrons. The van der Waals surface area contributed by atoms with Crippen LogP contribution in [0, 0.1) is 5.92 Å². The summed E-state index contributed by atoms with van der Waals surface area (Å²) < 4.78 is 11.5. The van der Waals surface area contributed by atoms with Gasteiger partial charge in [0.25, 0.3) is 0 Å². The van der Waals surface area contributed by atoms with Gasteiger partial charge in [-0.3, -0.25) is 4.79 Å². The molecule has 0 bridgehead atoms. The Balaban J connectivity index is 1.41. The van der Waals surface area contributed by atoms with Gasteiger partial charge in [0.2, 0.25) is 5.89 Å². The molecule has 0 amide bonds. The normalized spacial score (nSPS) is 20.3. The first-order valence-corrected chi connectivity index (χ1v) is 12.4. The molecule has 0 spiro atoms. The number of aromatic nitrogens is 1. The minimum Gasteiger partial charge on any atom is -0.469 e. The summed E-state index contributed by atoms with van der Waals surface area (Å²) in [6.45, 7) is 0. The fourth-order valence-corrected chi connectivity index (χ4v) is 5.11. The number of carbonyl (C=O) groups is 1. The van der Waals surface area contributed by atoms with Gasteiger partial charge in [-0.15, -0.1) is 0 Å². The number of ether oxygens (including phenoxy) is 1. The Labute approximate surface area is 211 Å². The summed E-state index contributed by atoms with van der Waals surface area (Å²) in [5.41, 5.74) is 6.19. The van der Waals surface area contributed by atoms with Crippen LogP contribution in [0.2, 0.25) is 0 Å². The molecule has 0 N–H and O–H groups in total. The van der Waals surface area contributed by atoms with Crippen molar-refractivity contribution in [2.75, 3.05) is 7.11 Å². The highest BCUT2D eigenvalue weighted by atomic mass is 16.5. The lowest BCUT2D eigenvalue weighted by Crippen LogP contribution is -2.03. The van der Waals surface area contributed by atoms with Crippen LogP contribution in [0.3, 0.4) is 0 Å². The highest BCUT2D eigenvalue weighted by Gasteiger charge is 2.45. The van der Waals surface area contributed by atoms with Crippen LogP contribution in [0.5, 0.6) is 0 Å². The molecule has 2 aliphatic carbocycles. The van der Waals surface area contributed by atoms with E-state index in [2.05, 4.69) is 72.8 Å². The van der Waals surface area contributed by atoms with E-state index in [1.807, 2.05) is 30.3 Å². The zero-order valence-electron chi connectivity index (χ0n) is 20.1. The van der Waals surface area contributed by atoms with Gasteiger partial charge in [0.1, 0.15) is 11.5 Å². The predicted octanol–water partition coefficient (Wildman–Crippen LogP) is 7.55. The van der Waals surface area contributed by atoms with Crippen LogP contribution < -0.4 is 0 Å². The molecule has 1 heterocycles. The Hall–Kier alpha value is -4.18. The van der Waals surface area contributed by atoms with Crippen LogP contribution in [0.1, 0.15) is 36.0 Å². The second kappa shape index (κ2) is 9.46. The molecule has 4 aromatic rings. The van der Waals surface area contributed by atoms with Crippen molar-refractivity contribution in [2.24, 2.45) is 5.92 Å². The zero-order valence-corrected chi connectivity index (χ0v) is 20.1. The average molecular weight is 474 g/mol. The second-order valence-electron chi connectivity index (χ2n) is 9.40. The fourth-order valence-electron chi connectivity index (χ4n) is 5.11. The number of allylic oxidation sites excluding steroid dienone is 4. The van der Waals surface area contributed by atoms with E-state index >= 15 is 0 Å². The van der Waals surface area contributed by atoms with E-state index in [4.69, 9.17) is 14.1 Å². The summed E-state index contributed by atoms with van der Waals surface area (Å²) in [4.78, 5) is 17.0. The van der Waals surface area contributed by atoms with E-state index in [0.29, 0.717) is 5.89 Å². The molecule has 178 valence electrons. The van der Waals surface area contributed by atoms with Crippen molar-refractivity contribution in [3.63, 3.8) is 0 Å². The first kappa shape index (κ1) is 22.3. The maximum Gasteiger partial charge on any atom is 0.309 e. The summed E-state index contributed by atoms with van der Waals surface area (Å²) in [5, 5.41) is 0. The van der Waals surface area contributed by atoms with Crippen LogP contribution in [0.15, 0.2) is 108 Å². The number of esters is 1. The van der Waals surface area contributed by atoms with Crippen molar-refractivity contribution in [2.45, 2.75) is 24.7 Å². The Bertz CT molecular complexity index is 1460. The van der Waals surface area contributed by atoms with E-state index < -0.39 is 0 Å². The molecule has 0 aliphatic heterocycles. The predicted molar refractivity (Wildman–Crippen MR) is 141 cm³/mol. The van der Waals surface area contributed by atoms with Crippen LogP contribution in [0.25, 0.3) is 33.8 Å². The Morgan fingerprint density at radius 1 is 0.917 bits per heavy atom. The van der Waals surface area contributed by atoms with Gasteiger partial charge in [0.05, 0.1) is 13.0 Å². The number of hydrogen-bond acceptors (Lipinski definition) is 4. The van der Waals surface area contributed by atoms with Gasteiger partial charge in [-0.05, 0) is 41.5 Å². The summed E-state index contributed by atoms with van der Waals surface area (Å²) >= 11 is 0. The smallest absolute Gasteiger partial charge is 0.309 e. The molecule has 2 aliphatic rings. The molecule has 6 rings (SSSR count). The van der Waals surface area contributed by atoms with Crippen LogP contribution in [-0.4, -0.2) is 18.1 Å². The highest BCUT2D eigenvalue weighted by Crippen LogP contribution is 2.49. The SMILES string of the molecule is COC(=O)C1CC1c1cccc(-c2ccccc2-c2nc(-c3ccccc3)c(C3C=CC=CC3)o2)c1. The van der Waals surface area contributed by atoms with Gasteiger partial charge >= 0.3 is 5.97 Å². The molecule has 3 aromatic carbocycles. The van der Waals surface area contributed by atoms with Crippen molar-refractivity contribution in [3.05, 3.63) is 114 Å². The Morgan fingerprint density at radius 2 is 1.69 bits per heavy atom. The molecule has 3 unspecified atom stereocenters. The minimum absolute atomic E-state index is 0.0409. The number of methoxy groups -OCH3 is 1. The quantitative estimate of drug-likeness (QED) is 0.271. The summed E-state index contributed by atoms with van der Waals surface area (Å²) in [5.74, 6) is 1.70. The fraction of sp³-hybridized carbons (Fsp3) is 0.188. The molecular formula is C32H27NO3. The standard InChI is InChI=1S/C32H27NO3/c1-35-32(34)28-20-27(28)24-16-10-15-23(19-24)25-17-8-9-18-26(25)31-33-29(21-11-4-2-5-12-21)30(36-31)22-13-6-3-7-14-22/h2-13,15-19,22,27-28H,14,20H2,1H3. The lowest BCUT2D eigenvalue weighted by Gasteiger charge is -2.12. The molecule has 36 heavy (non-hydrogen) atoms. The van der Waals surface area contributed by atoms with Crippen molar-refractivity contribution in [3.8, 4) is 33.8 Å². The maximum absolute atomic E-state index is 12.0. The third-order valence-electron chi connectivity index (χ3n) is 7.10. The van der Waals surface area contributed by atoms with Gasteiger partial charge in [0, 0.05) is 17.0 Å². The maximum atomic E-state index is 12.0. The molecule has 4 nitrogen and oxygen atoms in total.